The summed E-state index contributed by atoms with van der Waals surface area (Å²) in [7, 11) is 3.13. The summed E-state index contributed by atoms with van der Waals surface area (Å²) in [6, 6.07) is 11.3. The van der Waals surface area contributed by atoms with Gasteiger partial charge in [0.25, 0.3) is 0 Å². The van der Waals surface area contributed by atoms with Crippen LogP contribution in [-0.2, 0) is 22.0 Å². The van der Waals surface area contributed by atoms with Crippen molar-refractivity contribution in [2.45, 2.75) is 37.0 Å². The molecule has 0 aliphatic heterocycles. The van der Waals surface area contributed by atoms with Crippen LogP contribution in [0, 0.1) is 11.6 Å². The number of pyridine rings is 1. The quantitative estimate of drug-likeness (QED) is 0.261. The molecule has 2 saturated carbocycles. The van der Waals surface area contributed by atoms with Crippen molar-refractivity contribution in [3.63, 3.8) is 0 Å². The Bertz CT molecular complexity index is 1790. The Hall–Kier alpha value is -4.47. The maximum atomic E-state index is 15.2. The summed E-state index contributed by atoms with van der Waals surface area (Å²) in [6.45, 7) is 0. The van der Waals surface area contributed by atoms with E-state index in [4.69, 9.17) is 14.1 Å². The van der Waals surface area contributed by atoms with E-state index in [0.717, 1.165) is 29.7 Å². The van der Waals surface area contributed by atoms with Gasteiger partial charge in [-0.25, -0.2) is 18.7 Å². The molecular formula is C29H23F2N5O3. The van der Waals surface area contributed by atoms with Crippen LogP contribution < -0.4 is 0 Å². The lowest BCUT2D eigenvalue weighted by Gasteiger charge is -2.12. The number of halogens is 2. The molecule has 3 heterocycles. The molecule has 196 valence electrons. The van der Waals surface area contributed by atoms with Gasteiger partial charge < -0.3 is 13.7 Å². The summed E-state index contributed by atoms with van der Waals surface area (Å²) in [5.41, 5.74) is 3.41. The number of ether oxygens (including phenoxy) is 1. The first-order valence-corrected chi connectivity index (χ1v) is 12.7. The monoisotopic (exact) mass is 527 g/mol. The second kappa shape index (κ2) is 8.52. The number of carbonyl (C=O) groups excluding carboxylic acids is 1. The number of hydrogen-bond donors (Lipinski definition) is 0. The molecule has 3 aromatic heterocycles. The SMILES string of the molecule is COC(=O)C1(c2cc(F)c3oc(-c4cc(-c5ccc(F)cc5-c5nncn5C)cc(C5CC5)n4)nc3c2)CC1. The van der Waals surface area contributed by atoms with Crippen LogP contribution in [0.4, 0.5) is 8.78 Å². The van der Waals surface area contributed by atoms with E-state index in [1.807, 2.05) is 6.07 Å². The van der Waals surface area contributed by atoms with E-state index in [1.165, 1.54) is 25.3 Å². The highest BCUT2D eigenvalue weighted by Gasteiger charge is 2.53. The molecule has 7 rings (SSSR count). The van der Waals surface area contributed by atoms with Gasteiger partial charge in [-0.1, -0.05) is 6.07 Å². The maximum absolute atomic E-state index is 15.2. The van der Waals surface area contributed by atoms with Crippen LogP contribution in [0.1, 0.15) is 42.9 Å². The molecule has 0 spiro atoms. The molecule has 0 bridgehead atoms. The zero-order chi connectivity index (χ0) is 26.9. The molecule has 0 radical (unpaired) electrons. The number of carbonyl (C=O) groups is 1. The fraction of sp³-hybridized carbons (Fsp3) is 0.276. The van der Waals surface area contributed by atoms with E-state index < -0.39 is 11.2 Å². The molecule has 2 fully saturated rings. The Labute approximate surface area is 221 Å². The van der Waals surface area contributed by atoms with Crippen LogP contribution in [0.15, 0.2) is 53.2 Å². The van der Waals surface area contributed by atoms with E-state index in [1.54, 1.807) is 36.1 Å². The van der Waals surface area contributed by atoms with E-state index >= 15 is 4.39 Å². The first-order valence-electron chi connectivity index (χ1n) is 12.7. The van der Waals surface area contributed by atoms with E-state index in [9.17, 15) is 9.18 Å². The minimum absolute atomic E-state index is 0.00357. The lowest BCUT2D eigenvalue weighted by atomic mass is 9.95. The molecule has 0 amide bonds. The van der Waals surface area contributed by atoms with Crippen molar-refractivity contribution < 1.29 is 22.7 Å². The Morgan fingerprint density at radius 2 is 1.90 bits per heavy atom. The molecule has 2 aliphatic rings. The molecule has 39 heavy (non-hydrogen) atoms. The van der Waals surface area contributed by atoms with Gasteiger partial charge in [0.1, 0.15) is 23.4 Å². The largest absolute Gasteiger partial charge is 0.468 e. The van der Waals surface area contributed by atoms with Gasteiger partial charge in [0.2, 0.25) is 5.89 Å². The van der Waals surface area contributed by atoms with Crippen LogP contribution in [0.3, 0.4) is 0 Å². The van der Waals surface area contributed by atoms with Crippen LogP contribution in [0.5, 0.6) is 0 Å². The number of benzene rings is 2. The van der Waals surface area contributed by atoms with Gasteiger partial charge in [-0.3, -0.25) is 4.79 Å². The van der Waals surface area contributed by atoms with Crippen LogP contribution in [0.2, 0.25) is 0 Å². The standard InChI is InChI=1S/C29H23F2N5O3/c1-36-14-32-35-26(36)20-13-18(30)5-6-19(20)16-9-22(15-3-4-15)33-24(10-16)27-34-23-12-17(11-21(31)25(23)39-27)29(7-8-29)28(37)38-2/h5-6,9-15H,3-4,7-8H2,1-2H3. The third-order valence-corrected chi connectivity index (χ3v) is 7.63. The highest BCUT2D eigenvalue weighted by molar-refractivity contribution is 5.89. The Balaban J connectivity index is 1.37. The van der Waals surface area contributed by atoms with Crippen LogP contribution in [0.25, 0.3) is 45.2 Å². The number of methoxy groups -OCH3 is 1. The second-order valence-electron chi connectivity index (χ2n) is 10.3. The lowest BCUT2D eigenvalue weighted by molar-refractivity contribution is -0.143. The summed E-state index contributed by atoms with van der Waals surface area (Å²) in [5, 5.41) is 8.13. The van der Waals surface area contributed by atoms with Gasteiger partial charge in [0.05, 0.1) is 12.5 Å². The molecule has 10 heteroatoms. The minimum Gasteiger partial charge on any atom is -0.468 e. The summed E-state index contributed by atoms with van der Waals surface area (Å²) >= 11 is 0. The molecule has 0 saturated heterocycles. The molecule has 8 nitrogen and oxygen atoms in total. The van der Waals surface area contributed by atoms with Crippen molar-refractivity contribution in [2.75, 3.05) is 7.11 Å². The summed E-state index contributed by atoms with van der Waals surface area (Å²) in [5.74, 6) is -0.393. The normalized spacial score (nSPS) is 16.0. The van der Waals surface area contributed by atoms with Crippen molar-refractivity contribution in [2.24, 2.45) is 7.05 Å². The van der Waals surface area contributed by atoms with Crippen molar-refractivity contribution in [1.82, 2.24) is 24.7 Å². The zero-order valence-corrected chi connectivity index (χ0v) is 21.2. The fourth-order valence-corrected chi connectivity index (χ4v) is 5.19. The Morgan fingerprint density at radius 1 is 1.08 bits per heavy atom. The van der Waals surface area contributed by atoms with Gasteiger partial charge in [-0.2, -0.15) is 0 Å². The van der Waals surface area contributed by atoms with Gasteiger partial charge >= 0.3 is 5.97 Å². The zero-order valence-electron chi connectivity index (χ0n) is 21.2. The van der Waals surface area contributed by atoms with Gasteiger partial charge in [0, 0.05) is 24.2 Å². The van der Waals surface area contributed by atoms with Crippen molar-refractivity contribution >= 4 is 17.1 Å². The average Bonchev–Trinajstić information content (AvgIpc) is 3.86. The van der Waals surface area contributed by atoms with E-state index in [2.05, 4.69) is 15.2 Å². The number of hydrogen-bond acceptors (Lipinski definition) is 7. The number of rotatable bonds is 6. The van der Waals surface area contributed by atoms with Gasteiger partial charge in [-0.05, 0) is 78.8 Å². The van der Waals surface area contributed by atoms with Crippen LogP contribution >= 0.6 is 0 Å². The highest BCUT2D eigenvalue weighted by atomic mass is 19.1. The molecule has 0 unspecified atom stereocenters. The number of oxazole rings is 1. The van der Waals surface area contributed by atoms with Crippen LogP contribution in [-0.4, -0.2) is 37.8 Å². The van der Waals surface area contributed by atoms with Crippen molar-refractivity contribution in [1.29, 1.82) is 0 Å². The second-order valence-corrected chi connectivity index (χ2v) is 10.3. The Morgan fingerprint density at radius 3 is 2.59 bits per heavy atom. The molecule has 0 N–H and O–H groups in total. The summed E-state index contributed by atoms with van der Waals surface area (Å²) in [6.07, 6.45) is 4.77. The number of nitrogens with zero attached hydrogens (tertiary/aromatic N) is 5. The van der Waals surface area contributed by atoms with Crippen molar-refractivity contribution in [3.8, 4) is 34.1 Å². The van der Waals surface area contributed by atoms with Crippen molar-refractivity contribution in [3.05, 3.63) is 71.7 Å². The average molecular weight is 528 g/mol. The first kappa shape index (κ1) is 23.6. The molecular weight excluding hydrogens is 504 g/mol. The number of aryl methyl sites for hydroxylation is 1. The lowest BCUT2D eigenvalue weighted by Crippen LogP contribution is -2.22. The third kappa shape index (κ3) is 3.89. The highest BCUT2D eigenvalue weighted by Crippen LogP contribution is 2.50. The number of esters is 1. The predicted molar refractivity (Wildman–Crippen MR) is 137 cm³/mol. The first-order chi connectivity index (χ1) is 18.9. The molecule has 2 aromatic carbocycles. The molecule has 0 atom stereocenters. The third-order valence-electron chi connectivity index (χ3n) is 7.63. The predicted octanol–water partition coefficient (Wildman–Crippen LogP) is 5.71. The molecule has 2 aliphatic carbocycles. The number of fused-ring (bicyclic) bond motifs is 1. The topological polar surface area (TPSA) is 95.9 Å². The van der Waals surface area contributed by atoms with Gasteiger partial charge in [-0.15, -0.1) is 10.2 Å². The maximum Gasteiger partial charge on any atom is 0.316 e. The molecule has 5 aromatic rings. The fourth-order valence-electron chi connectivity index (χ4n) is 5.19. The van der Waals surface area contributed by atoms with E-state index in [-0.39, 0.29) is 23.3 Å². The minimum atomic E-state index is -0.834. The Kier molecular flexibility index (Phi) is 5.16. The van der Waals surface area contributed by atoms with Gasteiger partial charge in [0.15, 0.2) is 17.2 Å². The number of aromatic nitrogens is 5. The summed E-state index contributed by atoms with van der Waals surface area (Å²) in [4.78, 5) is 21.8. The van der Waals surface area contributed by atoms with E-state index in [0.29, 0.717) is 46.9 Å². The smallest absolute Gasteiger partial charge is 0.316 e. The summed E-state index contributed by atoms with van der Waals surface area (Å²) < 4.78 is 42.1.